The van der Waals surface area contributed by atoms with Crippen molar-refractivity contribution in [1.29, 1.82) is 0 Å². The van der Waals surface area contributed by atoms with Crippen molar-refractivity contribution in [3.63, 3.8) is 0 Å². The van der Waals surface area contributed by atoms with Crippen LogP contribution in [0.3, 0.4) is 0 Å². The highest BCUT2D eigenvalue weighted by Crippen LogP contribution is 2.43. The summed E-state index contributed by atoms with van der Waals surface area (Å²) in [5, 5.41) is 3.87. The molecule has 3 heteroatoms. The predicted molar refractivity (Wildman–Crippen MR) is 78.8 cm³/mol. The van der Waals surface area contributed by atoms with E-state index in [4.69, 9.17) is 0 Å². The Balaban J connectivity index is 2.07. The average molecular weight is 310 g/mol. The number of rotatable bonds is 3. The third kappa shape index (κ3) is 2.94. The van der Waals surface area contributed by atoms with E-state index in [1.165, 1.54) is 5.56 Å². The summed E-state index contributed by atoms with van der Waals surface area (Å²) in [6.45, 7) is 4.39. The lowest BCUT2D eigenvalue weighted by Gasteiger charge is -2.25. The van der Waals surface area contributed by atoms with Crippen LogP contribution in [0.5, 0.6) is 0 Å². The van der Waals surface area contributed by atoms with Crippen molar-refractivity contribution in [2.75, 3.05) is 5.32 Å². The highest BCUT2D eigenvalue weighted by atomic mass is 79.9. The molecule has 1 saturated carbocycles. The lowest BCUT2D eigenvalue weighted by atomic mass is 9.81. The Labute approximate surface area is 117 Å². The maximum Gasteiger partial charge on any atom is 0.228 e. The van der Waals surface area contributed by atoms with Gasteiger partial charge in [0.2, 0.25) is 5.91 Å². The van der Waals surface area contributed by atoms with Crippen molar-refractivity contribution < 1.29 is 4.79 Å². The Morgan fingerprint density at radius 3 is 2.89 bits per heavy atom. The van der Waals surface area contributed by atoms with E-state index >= 15 is 0 Å². The zero-order valence-corrected chi connectivity index (χ0v) is 12.6. The molecule has 2 nitrogen and oxygen atoms in total. The Kier molecular flexibility index (Phi) is 4.10. The number of hydrogen-bond donors (Lipinski definition) is 1. The molecule has 1 aliphatic rings. The van der Waals surface area contributed by atoms with Crippen LogP contribution in [0.2, 0.25) is 0 Å². The number of benzene rings is 1. The first kappa shape index (κ1) is 13.6. The van der Waals surface area contributed by atoms with Crippen LogP contribution in [-0.2, 0) is 10.1 Å². The first-order valence-corrected chi connectivity index (χ1v) is 7.61. The summed E-state index contributed by atoms with van der Waals surface area (Å²) in [5.41, 5.74) is 2.22. The molecule has 1 fully saturated rings. The summed E-state index contributed by atoms with van der Waals surface area (Å²) < 4.78 is 0. The Bertz CT molecular complexity index is 442. The molecule has 0 spiro atoms. The fourth-order valence-corrected chi connectivity index (χ4v) is 3.12. The maximum absolute atomic E-state index is 12.3. The minimum atomic E-state index is 0.136. The summed E-state index contributed by atoms with van der Waals surface area (Å²) in [6.07, 6.45) is 3.32. The van der Waals surface area contributed by atoms with Crippen LogP contribution in [0.4, 0.5) is 5.69 Å². The number of carbonyl (C=O) groups is 1. The topological polar surface area (TPSA) is 29.1 Å². The Morgan fingerprint density at radius 1 is 1.50 bits per heavy atom. The van der Waals surface area contributed by atoms with Gasteiger partial charge in [-0.15, -0.1) is 0 Å². The van der Waals surface area contributed by atoms with Crippen LogP contribution in [-0.4, -0.2) is 5.91 Å². The third-order valence-electron chi connectivity index (χ3n) is 3.92. The smallest absolute Gasteiger partial charge is 0.228 e. The van der Waals surface area contributed by atoms with Gasteiger partial charge in [-0.2, -0.15) is 0 Å². The van der Waals surface area contributed by atoms with Crippen LogP contribution in [0, 0.1) is 11.3 Å². The van der Waals surface area contributed by atoms with E-state index in [-0.39, 0.29) is 17.2 Å². The third-order valence-corrected chi connectivity index (χ3v) is 4.57. The van der Waals surface area contributed by atoms with Crippen LogP contribution in [0.1, 0.15) is 38.7 Å². The highest BCUT2D eigenvalue weighted by Gasteiger charge is 2.39. The van der Waals surface area contributed by atoms with Gasteiger partial charge < -0.3 is 5.32 Å². The molecule has 1 atom stereocenters. The van der Waals surface area contributed by atoms with E-state index in [2.05, 4.69) is 35.1 Å². The van der Waals surface area contributed by atoms with Gasteiger partial charge in [-0.25, -0.2) is 0 Å². The number of nitrogens with one attached hydrogen (secondary N) is 1. The van der Waals surface area contributed by atoms with Gasteiger partial charge in [0, 0.05) is 16.9 Å². The van der Waals surface area contributed by atoms with Crippen molar-refractivity contribution in [2.45, 2.75) is 38.4 Å². The van der Waals surface area contributed by atoms with Crippen molar-refractivity contribution in [3.05, 3.63) is 29.8 Å². The van der Waals surface area contributed by atoms with Gasteiger partial charge in [0.1, 0.15) is 0 Å². The first-order valence-electron chi connectivity index (χ1n) is 6.49. The quantitative estimate of drug-likeness (QED) is 0.826. The summed E-state index contributed by atoms with van der Waals surface area (Å²) in [4.78, 5) is 12.3. The molecule has 1 aliphatic carbocycles. The lowest BCUT2D eigenvalue weighted by Crippen LogP contribution is -2.30. The average Bonchev–Trinajstić information content (AvgIpc) is 2.69. The lowest BCUT2D eigenvalue weighted by molar-refractivity contribution is -0.122. The fraction of sp³-hybridized carbons (Fsp3) is 0.533. The summed E-state index contributed by atoms with van der Waals surface area (Å²) in [7, 11) is 0. The SMILES string of the molecule is CC1(C)CCCC1C(=O)Nc1cccc(CBr)c1. The van der Waals surface area contributed by atoms with Gasteiger partial charge in [-0.05, 0) is 36.0 Å². The van der Waals surface area contributed by atoms with E-state index in [9.17, 15) is 4.79 Å². The molecular formula is C15H20BrNO. The van der Waals surface area contributed by atoms with E-state index in [1.54, 1.807) is 0 Å². The van der Waals surface area contributed by atoms with Crippen LogP contribution >= 0.6 is 15.9 Å². The highest BCUT2D eigenvalue weighted by molar-refractivity contribution is 9.08. The van der Waals surface area contributed by atoms with Crippen LogP contribution < -0.4 is 5.32 Å². The van der Waals surface area contributed by atoms with Crippen molar-refractivity contribution in [1.82, 2.24) is 0 Å². The second kappa shape index (κ2) is 5.43. The molecule has 98 valence electrons. The Morgan fingerprint density at radius 2 is 2.28 bits per heavy atom. The van der Waals surface area contributed by atoms with E-state index < -0.39 is 0 Å². The standard InChI is InChI=1S/C15H20BrNO/c1-15(2)8-4-7-13(15)14(18)17-12-6-3-5-11(9-12)10-16/h3,5-6,9,13H,4,7-8,10H2,1-2H3,(H,17,18). The molecule has 0 bridgehead atoms. The number of carbonyl (C=O) groups excluding carboxylic acids is 1. The Hall–Kier alpha value is -0.830. The van der Waals surface area contributed by atoms with E-state index in [0.29, 0.717) is 0 Å². The number of halogens is 1. The summed E-state index contributed by atoms with van der Waals surface area (Å²) >= 11 is 3.43. The molecule has 0 saturated heterocycles. The van der Waals surface area contributed by atoms with Crippen LogP contribution in [0.25, 0.3) is 0 Å². The fourth-order valence-electron chi connectivity index (χ4n) is 2.77. The molecule has 1 amide bonds. The summed E-state index contributed by atoms with van der Waals surface area (Å²) in [6, 6.07) is 8.00. The van der Waals surface area contributed by atoms with Gasteiger partial charge in [0.25, 0.3) is 0 Å². The van der Waals surface area contributed by atoms with Gasteiger partial charge in [0.05, 0.1) is 0 Å². The molecule has 0 heterocycles. The first-order chi connectivity index (χ1) is 8.53. The van der Waals surface area contributed by atoms with Gasteiger partial charge in [-0.1, -0.05) is 48.3 Å². The van der Waals surface area contributed by atoms with Crippen molar-refractivity contribution in [3.8, 4) is 0 Å². The van der Waals surface area contributed by atoms with Gasteiger partial charge in [0.15, 0.2) is 0 Å². The number of alkyl halides is 1. The zero-order valence-electron chi connectivity index (χ0n) is 11.0. The normalized spacial score (nSPS) is 21.8. The molecule has 1 unspecified atom stereocenters. The van der Waals surface area contributed by atoms with Gasteiger partial charge in [-0.3, -0.25) is 4.79 Å². The minimum absolute atomic E-state index is 0.136. The largest absolute Gasteiger partial charge is 0.326 e. The molecule has 1 N–H and O–H groups in total. The molecule has 1 aromatic rings. The molecule has 0 radical (unpaired) electrons. The maximum atomic E-state index is 12.3. The zero-order chi connectivity index (χ0) is 13.2. The number of anilines is 1. The van der Waals surface area contributed by atoms with Crippen molar-refractivity contribution >= 4 is 27.5 Å². The van der Waals surface area contributed by atoms with Crippen LogP contribution in [0.15, 0.2) is 24.3 Å². The second-order valence-electron chi connectivity index (χ2n) is 5.76. The molecular weight excluding hydrogens is 290 g/mol. The predicted octanol–water partition coefficient (Wildman–Crippen LogP) is 4.35. The molecule has 0 aliphatic heterocycles. The van der Waals surface area contributed by atoms with E-state index in [0.717, 1.165) is 30.3 Å². The monoisotopic (exact) mass is 309 g/mol. The van der Waals surface area contributed by atoms with E-state index in [1.807, 2.05) is 24.3 Å². The second-order valence-corrected chi connectivity index (χ2v) is 6.32. The molecule has 0 aromatic heterocycles. The van der Waals surface area contributed by atoms with Crippen molar-refractivity contribution in [2.24, 2.45) is 11.3 Å². The summed E-state index contributed by atoms with van der Waals surface area (Å²) in [5.74, 6) is 0.314. The number of amides is 1. The molecule has 18 heavy (non-hydrogen) atoms. The molecule has 2 rings (SSSR count). The number of hydrogen-bond acceptors (Lipinski definition) is 1. The van der Waals surface area contributed by atoms with Gasteiger partial charge >= 0.3 is 0 Å². The minimum Gasteiger partial charge on any atom is -0.326 e. The molecule has 1 aromatic carbocycles.